The molecule has 1 aromatic heterocycles. The van der Waals surface area contributed by atoms with Crippen molar-refractivity contribution < 1.29 is 4.74 Å². The normalized spacial score (nSPS) is 23.3. The first-order valence-corrected chi connectivity index (χ1v) is 7.52. The fourth-order valence-corrected chi connectivity index (χ4v) is 2.83. The molecule has 5 nitrogen and oxygen atoms in total. The van der Waals surface area contributed by atoms with Gasteiger partial charge >= 0.3 is 0 Å². The van der Waals surface area contributed by atoms with Gasteiger partial charge in [-0.2, -0.15) is 0 Å². The van der Waals surface area contributed by atoms with Crippen LogP contribution in [0.15, 0.2) is 0 Å². The number of rotatable bonds is 5. The van der Waals surface area contributed by atoms with Gasteiger partial charge in [0.1, 0.15) is 0 Å². The zero-order chi connectivity index (χ0) is 13.7. The molecule has 0 spiro atoms. The van der Waals surface area contributed by atoms with Crippen LogP contribution in [0, 0.1) is 0 Å². The maximum atomic E-state index is 6.13. The number of hydrogen-bond acceptors (Lipinski definition) is 5. The molecule has 1 aromatic rings. The summed E-state index contributed by atoms with van der Waals surface area (Å²) in [6.45, 7) is 0. The molecular formula is C12H19ClN4OS. The highest BCUT2D eigenvalue weighted by Gasteiger charge is 2.23. The molecule has 19 heavy (non-hydrogen) atoms. The Hall–Kier alpha value is -0.750. The first-order chi connectivity index (χ1) is 9.20. The van der Waals surface area contributed by atoms with Gasteiger partial charge in [0.25, 0.3) is 0 Å². The second-order valence-electron chi connectivity index (χ2n) is 4.88. The number of ether oxygens (including phenoxy) is 1. The lowest BCUT2D eigenvalue weighted by atomic mass is 9.95. The molecule has 1 saturated carbocycles. The lowest BCUT2D eigenvalue weighted by molar-refractivity contribution is 0.319. The third kappa shape index (κ3) is 4.11. The molecule has 0 aliphatic heterocycles. The minimum absolute atomic E-state index is 0.315. The van der Waals surface area contributed by atoms with Crippen molar-refractivity contribution in [2.45, 2.75) is 56.4 Å². The van der Waals surface area contributed by atoms with Crippen LogP contribution in [0.25, 0.3) is 0 Å². The third-order valence-corrected chi connectivity index (χ3v) is 4.35. The van der Waals surface area contributed by atoms with Crippen molar-refractivity contribution in [3.63, 3.8) is 0 Å². The van der Waals surface area contributed by atoms with Crippen molar-refractivity contribution in [2.75, 3.05) is 7.11 Å². The lowest BCUT2D eigenvalue weighted by Crippen LogP contribution is -2.21. The molecule has 1 aliphatic carbocycles. The van der Waals surface area contributed by atoms with E-state index < -0.39 is 0 Å². The van der Waals surface area contributed by atoms with Crippen LogP contribution in [0.1, 0.15) is 50.4 Å². The maximum Gasteiger partial charge on any atom is 0.159 e. The molecule has 1 aliphatic rings. The van der Waals surface area contributed by atoms with Crippen molar-refractivity contribution in [1.29, 1.82) is 0 Å². The van der Waals surface area contributed by atoms with Gasteiger partial charge in [-0.25, -0.2) is 4.68 Å². The van der Waals surface area contributed by atoms with E-state index in [4.69, 9.17) is 28.6 Å². The number of aromatic nitrogens is 4. The Morgan fingerprint density at radius 3 is 2.84 bits per heavy atom. The van der Waals surface area contributed by atoms with Crippen molar-refractivity contribution in [1.82, 2.24) is 20.2 Å². The predicted molar refractivity (Wildman–Crippen MR) is 77.5 cm³/mol. The van der Waals surface area contributed by atoms with Gasteiger partial charge in [-0.15, -0.1) is 16.7 Å². The molecule has 0 atom stereocenters. The summed E-state index contributed by atoms with van der Waals surface area (Å²) in [6, 6.07) is 0.398. The van der Waals surface area contributed by atoms with E-state index in [-0.39, 0.29) is 0 Å². The lowest BCUT2D eigenvalue weighted by Gasteiger charge is -2.25. The van der Waals surface area contributed by atoms with Gasteiger partial charge < -0.3 is 4.74 Å². The number of aryl methyl sites for hydroxylation is 1. The number of hydrogen-bond donors (Lipinski definition) is 0. The summed E-state index contributed by atoms with van der Waals surface area (Å²) < 4.78 is 6.96. The van der Waals surface area contributed by atoms with Crippen molar-refractivity contribution in [3.05, 3.63) is 5.82 Å². The van der Waals surface area contributed by atoms with Gasteiger partial charge in [-0.05, 0) is 54.7 Å². The van der Waals surface area contributed by atoms with Crippen LogP contribution >= 0.6 is 23.8 Å². The summed E-state index contributed by atoms with van der Waals surface area (Å²) in [5.41, 5.74) is 0. The molecule has 7 heteroatoms. The summed E-state index contributed by atoms with van der Waals surface area (Å²) in [7, 11) is 1.61. The number of tetrazole rings is 1. The van der Waals surface area contributed by atoms with Crippen LogP contribution < -0.4 is 0 Å². The molecule has 106 valence electrons. The Balaban J connectivity index is 1.88. The highest BCUT2D eigenvalue weighted by Crippen LogP contribution is 2.31. The molecule has 0 aromatic carbocycles. The van der Waals surface area contributed by atoms with Gasteiger partial charge in [0, 0.05) is 18.2 Å². The van der Waals surface area contributed by atoms with Crippen molar-refractivity contribution in [3.8, 4) is 0 Å². The summed E-state index contributed by atoms with van der Waals surface area (Å²) in [5.74, 6) is 0.942. The van der Waals surface area contributed by atoms with E-state index >= 15 is 0 Å². The van der Waals surface area contributed by atoms with E-state index in [0.717, 1.165) is 50.8 Å². The van der Waals surface area contributed by atoms with E-state index in [2.05, 4.69) is 15.5 Å². The Labute approximate surface area is 123 Å². The molecule has 0 amide bonds. The largest absolute Gasteiger partial charge is 0.490 e. The van der Waals surface area contributed by atoms with Crippen LogP contribution in [-0.4, -0.2) is 37.7 Å². The minimum atomic E-state index is 0.315. The number of thiocarbonyl (C=S) groups is 1. The second kappa shape index (κ2) is 7.14. The van der Waals surface area contributed by atoms with Crippen LogP contribution in [-0.2, 0) is 11.2 Å². The van der Waals surface area contributed by atoms with Gasteiger partial charge in [-0.3, -0.25) is 0 Å². The zero-order valence-electron chi connectivity index (χ0n) is 11.1. The third-order valence-electron chi connectivity index (χ3n) is 3.54. The standard InChI is InChI=1S/C12H19ClN4OS/c1-18-12(19)4-2-3-11-14-15-16-17(11)10-7-5-9(13)6-8-10/h9-10H,2-8H2,1H3. The van der Waals surface area contributed by atoms with Crippen molar-refractivity contribution in [2.24, 2.45) is 0 Å². The summed E-state index contributed by atoms with van der Waals surface area (Å²) in [6.07, 6.45) is 6.71. The quantitative estimate of drug-likeness (QED) is 0.618. The van der Waals surface area contributed by atoms with E-state index in [0.29, 0.717) is 16.5 Å². The molecule has 2 rings (SSSR count). The summed E-state index contributed by atoms with van der Waals surface area (Å²) >= 11 is 11.2. The van der Waals surface area contributed by atoms with Gasteiger partial charge in [0.2, 0.25) is 0 Å². The zero-order valence-corrected chi connectivity index (χ0v) is 12.7. The molecular weight excluding hydrogens is 284 g/mol. The number of alkyl halides is 1. The first-order valence-electron chi connectivity index (χ1n) is 6.68. The Kier molecular flexibility index (Phi) is 5.51. The predicted octanol–water partition coefficient (Wildman–Crippen LogP) is 2.69. The molecule has 0 saturated heterocycles. The van der Waals surface area contributed by atoms with Gasteiger partial charge in [-0.1, -0.05) is 0 Å². The smallest absolute Gasteiger partial charge is 0.159 e. The average molecular weight is 303 g/mol. The molecule has 0 radical (unpaired) electrons. The second-order valence-corrected chi connectivity index (χ2v) is 5.95. The number of nitrogens with zero attached hydrogens (tertiary/aromatic N) is 4. The summed E-state index contributed by atoms with van der Waals surface area (Å²) in [5, 5.41) is 13.0. The number of methoxy groups -OCH3 is 1. The minimum Gasteiger partial charge on any atom is -0.490 e. The van der Waals surface area contributed by atoms with Crippen LogP contribution in [0.5, 0.6) is 0 Å². The van der Waals surface area contributed by atoms with Gasteiger partial charge in [0.15, 0.2) is 10.9 Å². The maximum absolute atomic E-state index is 6.13. The van der Waals surface area contributed by atoms with Crippen LogP contribution in [0.3, 0.4) is 0 Å². The van der Waals surface area contributed by atoms with Crippen LogP contribution in [0.4, 0.5) is 0 Å². The molecule has 1 fully saturated rings. The van der Waals surface area contributed by atoms with Gasteiger partial charge in [0.05, 0.1) is 13.2 Å². The van der Waals surface area contributed by atoms with E-state index in [9.17, 15) is 0 Å². The van der Waals surface area contributed by atoms with E-state index in [1.54, 1.807) is 7.11 Å². The fraction of sp³-hybridized carbons (Fsp3) is 0.833. The Bertz CT molecular complexity index is 418. The fourth-order valence-electron chi connectivity index (χ4n) is 2.43. The molecule has 0 N–H and O–H groups in total. The summed E-state index contributed by atoms with van der Waals surface area (Å²) in [4.78, 5) is 0. The molecule has 0 unspecified atom stereocenters. The Morgan fingerprint density at radius 1 is 1.42 bits per heavy atom. The average Bonchev–Trinajstić information content (AvgIpc) is 2.88. The first kappa shape index (κ1) is 14.7. The monoisotopic (exact) mass is 302 g/mol. The van der Waals surface area contributed by atoms with E-state index in [1.165, 1.54) is 0 Å². The SMILES string of the molecule is COC(=S)CCCc1nnnn1C1CCC(Cl)CC1. The number of halogens is 1. The van der Waals surface area contributed by atoms with Crippen molar-refractivity contribution >= 4 is 28.9 Å². The molecule has 0 bridgehead atoms. The molecule has 1 heterocycles. The highest BCUT2D eigenvalue weighted by atomic mass is 35.5. The Morgan fingerprint density at radius 2 is 2.16 bits per heavy atom. The van der Waals surface area contributed by atoms with Crippen LogP contribution in [0.2, 0.25) is 0 Å². The highest BCUT2D eigenvalue weighted by molar-refractivity contribution is 7.80. The van der Waals surface area contributed by atoms with E-state index in [1.807, 2.05) is 4.68 Å². The topological polar surface area (TPSA) is 52.8 Å².